The van der Waals surface area contributed by atoms with Gasteiger partial charge in [0.1, 0.15) is 19.3 Å². The zero-order valence-electron chi connectivity index (χ0n) is 16.6. The third-order valence-corrected chi connectivity index (χ3v) is 4.63. The van der Waals surface area contributed by atoms with Crippen molar-refractivity contribution in [3.8, 4) is 0 Å². The molecule has 0 aliphatic rings. The van der Waals surface area contributed by atoms with Crippen LogP contribution in [0.2, 0.25) is 0 Å². The molecule has 0 heterocycles. The van der Waals surface area contributed by atoms with Gasteiger partial charge in [0.25, 0.3) is 7.82 Å². The molecule has 26 heavy (non-hydrogen) atoms. The van der Waals surface area contributed by atoms with Gasteiger partial charge in [0.15, 0.2) is 0 Å². The fraction of sp³-hybridized carbons (Fsp3) is 0.941. The normalized spacial score (nSPS) is 15.5. The highest BCUT2D eigenvalue weighted by Gasteiger charge is 2.19. The average Bonchev–Trinajstić information content (AvgIpc) is 2.53. The van der Waals surface area contributed by atoms with Crippen molar-refractivity contribution < 1.29 is 37.6 Å². The molecule has 0 aliphatic carbocycles. The molecule has 0 aromatic heterocycles. The van der Waals surface area contributed by atoms with Gasteiger partial charge in [-0.15, -0.1) is 0 Å². The molecule has 0 aromatic rings. The van der Waals surface area contributed by atoms with Crippen molar-refractivity contribution in [2.24, 2.45) is 0 Å². The summed E-state index contributed by atoms with van der Waals surface area (Å²) in [5, 5.41) is 9.23. The minimum absolute atomic E-state index is 0.00805. The van der Waals surface area contributed by atoms with Crippen LogP contribution in [-0.2, 0) is 23.1 Å². The van der Waals surface area contributed by atoms with Gasteiger partial charge in [0.05, 0.1) is 34.4 Å². The van der Waals surface area contributed by atoms with E-state index in [0.29, 0.717) is 11.0 Å². The lowest BCUT2D eigenvalue weighted by atomic mass is 10.1. The van der Waals surface area contributed by atoms with Crippen molar-refractivity contribution >= 4 is 13.8 Å². The number of quaternary nitrogens is 1. The Labute approximate surface area is 157 Å². The van der Waals surface area contributed by atoms with Crippen molar-refractivity contribution in [1.29, 1.82) is 0 Å². The molecular formula is C17H36NO7P. The van der Waals surface area contributed by atoms with Crippen molar-refractivity contribution in [2.75, 3.05) is 47.5 Å². The summed E-state index contributed by atoms with van der Waals surface area (Å²) in [4.78, 5) is 23.4. The lowest BCUT2D eigenvalue weighted by Gasteiger charge is -2.28. The molecule has 0 spiro atoms. The number of rotatable bonds is 16. The summed E-state index contributed by atoms with van der Waals surface area (Å²) in [6.45, 7) is 1.66. The smallest absolute Gasteiger partial charge is 0.306 e. The highest BCUT2D eigenvalue weighted by molar-refractivity contribution is 7.45. The number of carbonyl (C=O) groups excluding carboxylic acids is 1. The molecule has 2 atom stereocenters. The van der Waals surface area contributed by atoms with Gasteiger partial charge in [-0.1, -0.05) is 39.0 Å². The minimum atomic E-state index is -4.49. The number of hydrogen-bond acceptors (Lipinski definition) is 7. The number of phosphoric acid groups is 1. The van der Waals surface area contributed by atoms with Crippen LogP contribution in [0.1, 0.15) is 51.9 Å². The van der Waals surface area contributed by atoms with E-state index in [1.54, 1.807) is 0 Å². The van der Waals surface area contributed by atoms with Crippen LogP contribution >= 0.6 is 7.82 Å². The lowest BCUT2D eigenvalue weighted by molar-refractivity contribution is -0.870. The fourth-order valence-electron chi connectivity index (χ4n) is 2.06. The van der Waals surface area contributed by atoms with Gasteiger partial charge in [-0.3, -0.25) is 9.36 Å². The molecule has 0 aromatic carbocycles. The van der Waals surface area contributed by atoms with Gasteiger partial charge < -0.3 is 28.3 Å². The molecule has 0 bridgehead atoms. The summed E-state index contributed by atoms with van der Waals surface area (Å²) in [6, 6.07) is 0. The Hall–Kier alpha value is -0.500. The topological polar surface area (TPSA) is 105 Å². The molecule has 2 unspecified atom stereocenters. The molecular weight excluding hydrogens is 361 g/mol. The molecule has 0 amide bonds. The fourth-order valence-corrected chi connectivity index (χ4v) is 2.79. The number of esters is 1. The first-order chi connectivity index (χ1) is 12.1. The Bertz CT molecular complexity index is 426. The number of aliphatic hydroxyl groups is 1. The second-order valence-electron chi connectivity index (χ2n) is 7.40. The average molecular weight is 397 g/mol. The Morgan fingerprint density at radius 2 is 1.73 bits per heavy atom. The van der Waals surface area contributed by atoms with E-state index in [0.717, 1.165) is 25.7 Å². The van der Waals surface area contributed by atoms with Crippen molar-refractivity contribution in [3.05, 3.63) is 0 Å². The number of carbonyl (C=O) groups is 1. The van der Waals surface area contributed by atoms with E-state index in [-0.39, 0.29) is 13.0 Å². The van der Waals surface area contributed by atoms with E-state index in [9.17, 15) is 19.4 Å². The van der Waals surface area contributed by atoms with E-state index in [2.05, 4.69) is 6.92 Å². The van der Waals surface area contributed by atoms with E-state index >= 15 is 0 Å². The minimum Gasteiger partial charge on any atom is -0.756 e. The van der Waals surface area contributed by atoms with Gasteiger partial charge in [-0.2, -0.15) is 0 Å². The van der Waals surface area contributed by atoms with Gasteiger partial charge >= 0.3 is 5.97 Å². The Morgan fingerprint density at radius 1 is 1.12 bits per heavy atom. The summed E-state index contributed by atoms with van der Waals surface area (Å²) in [7, 11) is 1.23. The predicted octanol–water partition coefficient (Wildman–Crippen LogP) is 1.85. The number of ether oxygens (including phenoxy) is 1. The van der Waals surface area contributed by atoms with Crippen molar-refractivity contribution in [2.45, 2.75) is 58.0 Å². The Morgan fingerprint density at radius 3 is 2.31 bits per heavy atom. The molecule has 8 nitrogen and oxygen atoms in total. The Balaban J connectivity index is 4.02. The van der Waals surface area contributed by atoms with Crippen LogP contribution in [-0.4, -0.2) is 69.2 Å². The number of nitrogens with zero attached hydrogens (tertiary/aromatic N) is 1. The van der Waals surface area contributed by atoms with Gasteiger partial charge in [-0.05, 0) is 6.42 Å². The molecule has 0 saturated heterocycles. The highest BCUT2D eigenvalue weighted by atomic mass is 31.2. The maximum Gasteiger partial charge on any atom is 0.306 e. The van der Waals surface area contributed by atoms with Crippen molar-refractivity contribution in [1.82, 2.24) is 0 Å². The number of likely N-dealkylation sites (N-methyl/N-ethyl adjacent to an activating group) is 1. The molecule has 9 heteroatoms. The summed E-state index contributed by atoms with van der Waals surface area (Å²) in [5.74, 6) is -0.463. The highest BCUT2D eigenvalue weighted by Crippen LogP contribution is 2.38. The zero-order valence-corrected chi connectivity index (χ0v) is 17.5. The number of unbranched alkanes of at least 4 members (excludes halogenated alkanes) is 5. The van der Waals surface area contributed by atoms with Crippen LogP contribution < -0.4 is 4.89 Å². The Kier molecular flexibility index (Phi) is 13.4. The molecule has 1 N–H and O–H groups in total. The van der Waals surface area contributed by atoms with E-state index < -0.39 is 33.1 Å². The second-order valence-corrected chi connectivity index (χ2v) is 8.81. The first-order valence-electron chi connectivity index (χ1n) is 9.30. The maximum atomic E-state index is 11.7. The number of hydrogen-bond donors (Lipinski definition) is 1. The zero-order chi connectivity index (χ0) is 20.1. The maximum absolute atomic E-state index is 11.7. The van der Waals surface area contributed by atoms with E-state index in [4.69, 9.17) is 13.8 Å². The second kappa shape index (κ2) is 13.6. The molecule has 0 radical (unpaired) electrons. The number of aliphatic hydroxyl groups excluding tert-OH is 1. The lowest BCUT2D eigenvalue weighted by Crippen LogP contribution is -2.37. The first kappa shape index (κ1) is 25.5. The van der Waals surface area contributed by atoms with Crippen LogP contribution in [0.4, 0.5) is 0 Å². The molecule has 0 saturated carbocycles. The molecule has 0 aliphatic heterocycles. The summed E-state index contributed by atoms with van der Waals surface area (Å²) < 4.78 is 26.7. The molecule has 0 rings (SSSR count). The summed E-state index contributed by atoms with van der Waals surface area (Å²) >= 11 is 0. The monoisotopic (exact) mass is 397 g/mol. The van der Waals surface area contributed by atoms with E-state index in [1.807, 2.05) is 21.1 Å². The van der Waals surface area contributed by atoms with Gasteiger partial charge in [0.2, 0.25) is 0 Å². The van der Waals surface area contributed by atoms with Crippen LogP contribution in [0.3, 0.4) is 0 Å². The standard InChI is InChI=1S/C17H36NO7P/c1-5-6-7-8-9-10-11-17(20)25-16(14-19)15-24-26(21,22)23-13-12-18(2,3)4/h16,19H,5-15H2,1-4H3. The van der Waals surface area contributed by atoms with Gasteiger partial charge in [0, 0.05) is 6.42 Å². The van der Waals surface area contributed by atoms with Crippen molar-refractivity contribution in [3.63, 3.8) is 0 Å². The van der Waals surface area contributed by atoms with Crippen LogP contribution in [0.25, 0.3) is 0 Å². The van der Waals surface area contributed by atoms with Crippen LogP contribution in [0.15, 0.2) is 0 Å². The quantitative estimate of drug-likeness (QED) is 0.183. The third kappa shape index (κ3) is 15.7. The molecule has 156 valence electrons. The summed E-state index contributed by atoms with van der Waals surface area (Å²) in [5.41, 5.74) is 0. The number of phosphoric ester groups is 1. The third-order valence-electron chi connectivity index (χ3n) is 3.67. The van der Waals surface area contributed by atoms with E-state index in [1.165, 1.54) is 12.8 Å². The van der Waals surface area contributed by atoms with Crippen LogP contribution in [0, 0.1) is 0 Å². The largest absolute Gasteiger partial charge is 0.756 e. The van der Waals surface area contributed by atoms with Crippen LogP contribution in [0.5, 0.6) is 0 Å². The predicted molar refractivity (Wildman–Crippen MR) is 97.4 cm³/mol. The SMILES string of the molecule is CCCCCCCCC(=O)OC(CO)COP(=O)([O-])OCC[N+](C)(C)C. The molecule has 0 fully saturated rings. The van der Waals surface area contributed by atoms with Gasteiger partial charge in [-0.25, -0.2) is 0 Å². The first-order valence-corrected chi connectivity index (χ1v) is 10.8. The summed E-state index contributed by atoms with van der Waals surface area (Å²) in [6.07, 6.45) is 5.50.